The van der Waals surface area contributed by atoms with Gasteiger partial charge in [-0.15, -0.1) is 0 Å². The molecule has 2 amide bonds. The number of likely N-dealkylation sites (N-methyl/N-ethyl adjacent to an activating group) is 1. The number of amides is 2. The Morgan fingerprint density at radius 1 is 1.11 bits per heavy atom. The number of nitrogens with zero attached hydrogens (tertiary/aromatic N) is 2. The van der Waals surface area contributed by atoms with E-state index in [1.165, 1.54) is 12.0 Å². The van der Waals surface area contributed by atoms with Crippen molar-refractivity contribution in [3.63, 3.8) is 0 Å². The lowest BCUT2D eigenvalue weighted by Crippen LogP contribution is -2.50. The molecule has 192 valence electrons. The normalized spacial score (nSPS) is 20.8. The predicted octanol–water partition coefficient (Wildman–Crippen LogP) is 2.49. The minimum atomic E-state index is -0.778. The van der Waals surface area contributed by atoms with E-state index < -0.39 is 12.0 Å². The van der Waals surface area contributed by atoms with E-state index in [-0.39, 0.29) is 24.5 Å². The highest BCUT2D eigenvalue weighted by Crippen LogP contribution is 2.38. The molecule has 0 radical (unpaired) electrons. The highest BCUT2D eigenvalue weighted by atomic mass is 16.5. The number of carbonyl (C=O) groups is 3. The van der Waals surface area contributed by atoms with Crippen molar-refractivity contribution in [2.45, 2.75) is 32.7 Å². The van der Waals surface area contributed by atoms with Crippen molar-refractivity contribution in [3.8, 4) is 11.5 Å². The van der Waals surface area contributed by atoms with E-state index in [1.807, 2.05) is 0 Å². The lowest BCUT2D eigenvalue weighted by molar-refractivity contribution is -0.150. The summed E-state index contributed by atoms with van der Waals surface area (Å²) in [7, 11) is 4.70. The predicted molar refractivity (Wildman–Crippen MR) is 128 cm³/mol. The number of piperidine rings is 1. The zero-order chi connectivity index (χ0) is 25.5. The standard InChI is InChI=1S/C25H35N3O7/c1-6-34-23(29)16-9-8-12-28(14-16)15-19-21(24(30)35-7-2)22(26-25(31)27(19)3)18-11-10-17(32-4)13-20(18)33-5/h10-11,13,16,22H,6-9,12,14-15H2,1-5H3,(H,26,31)/t16-,22+/m0/s1. The minimum absolute atomic E-state index is 0.189. The number of esters is 2. The van der Waals surface area contributed by atoms with E-state index in [9.17, 15) is 14.4 Å². The van der Waals surface area contributed by atoms with Crippen LogP contribution in [0.3, 0.4) is 0 Å². The molecule has 0 aliphatic carbocycles. The summed E-state index contributed by atoms with van der Waals surface area (Å²) in [6.07, 6.45) is 1.57. The molecule has 1 aromatic rings. The summed E-state index contributed by atoms with van der Waals surface area (Å²) in [5, 5.41) is 2.91. The number of methoxy groups -OCH3 is 2. The maximum Gasteiger partial charge on any atom is 0.338 e. The molecular formula is C25H35N3O7. The molecule has 2 heterocycles. The monoisotopic (exact) mass is 489 g/mol. The highest BCUT2D eigenvalue weighted by Gasteiger charge is 2.39. The SMILES string of the molecule is CCOC(=O)C1=C(CN2CCC[C@H](C(=O)OCC)C2)N(C)C(=O)N[C@@H]1c1ccc(OC)cc1OC. The molecule has 2 aliphatic heterocycles. The molecule has 2 atom stereocenters. The summed E-state index contributed by atoms with van der Waals surface area (Å²) in [5.74, 6) is 0.0878. The van der Waals surface area contributed by atoms with Gasteiger partial charge in [-0.1, -0.05) is 0 Å². The number of benzene rings is 1. The molecule has 0 unspecified atom stereocenters. The summed E-state index contributed by atoms with van der Waals surface area (Å²) >= 11 is 0. The van der Waals surface area contributed by atoms with Crippen molar-refractivity contribution in [3.05, 3.63) is 35.0 Å². The number of hydrogen-bond acceptors (Lipinski definition) is 8. The first-order valence-electron chi connectivity index (χ1n) is 11.9. The molecule has 2 aliphatic rings. The third-order valence-corrected chi connectivity index (χ3v) is 6.32. The average Bonchev–Trinajstić information content (AvgIpc) is 2.86. The second kappa shape index (κ2) is 11.9. The van der Waals surface area contributed by atoms with Crippen LogP contribution < -0.4 is 14.8 Å². The quantitative estimate of drug-likeness (QED) is 0.528. The number of rotatable bonds is 9. The molecule has 0 bridgehead atoms. The molecule has 1 N–H and O–H groups in total. The number of likely N-dealkylation sites (tertiary alicyclic amines) is 1. The first-order chi connectivity index (χ1) is 16.8. The van der Waals surface area contributed by atoms with Crippen molar-refractivity contribution in [1.29, 1.82) is 0 Å². The highest BCUT2D eigenvalue weighted by molar-refractivity contribution is 5.95. The topological polar surface area (TPSA) is 107 Å². The molecular weight excluding hydrogens is 454 g/mol. The van der Waals surface area contributed by atoms with Crippen molar-refractivity contribution in [1.82, 2.24) is 15.1 Å². The van der Waals surface area contributed by atoms with E-state index in [0.29, 0.717) is 48.0 Å². The van der Waals surface area contributed by atoms with Gasteiger partial charge in [-0.25, -0.2) is 9.59 Å². The molecule has 3 rings (SSSR count). The van der Waals surface area contributed by atoms with Gasteiger partial charge >= 0.3 is 18.0 Å². The second-order valence-corrected chi connectivity index (χ2v) is 8.46. The van der Waals surface area contributed by atoms with Gasteiger partial charge in [0, 0.05) is 37.5 Å². The van der Waals surface area contributed by atoms with Gasteiger partial charge in [0.15, 0.2) is 0 Å². The Labute approximate surface area is 206 Å². The third-order valence-electron chi connectivity index (χ3n) is 6.32. The Hall–Kier alpha value is -3.27. The van der Waals surface area contributed by atoms with Crippen molar-refractivity contribution >= 4 is 18.0 Å². The van der Waals surface area contributed by atoms with Crippen LogP contribution in [0.15, 0.2) is 29.5 Å². The molecule has 35 heavy (non-hydrogen) atoms. The van der Waals surface area contributed by atoms with E-state index >= 15 is 0 Å². The van der Waals surface area contributed by atoms with Crippen LogP contribution in [-0.4, -0.2) is 81.9 Å². The van der Waals surface area contributed by atoms with Crippen molar-refractivity contribution in [2.75, 3.05) is 54.1 Å². The Kier molecular flexibility index (Phi) is 8.97. The number of carbonyl (C=O) groups excluding carboxylic acids is 3. The zero-order valence-corrected chi connectivity index (χ0v) is 21.1. The van der Waals surface area contributed by atoms with E-state index in [1.54, 1.807) is 46.2 Å². The maximum atomic E-state index is 13.3. The van der Waals surface area contributed by atoms with E-state index in [4.69, 9.17) is 18.9 Å². The summed E-state index contributed by atoms with van der Waals surface area (Å²) in [6, 6.07) is 4.09. The van der Waals surface area contributed by atoms with Crippen LogP contribution in [0.4, 0.5) is 4.79 Å². The third kappa shape index (κ3) is 5.87. The van der Waals surface area contributed by atoms with Gasteiger partial charge in [0.2, 0.25) is 0 Å². The molecule has 0 aromatic heterocycles. The fourth-order valence-electron chi connectivity index (χ4n) is 4.55. The fraction of sp³-hybridized carbons (Fsp3) is 0.560. The number of nitrogens with one attached hydrogen (secondary N) is 1. The van der Waals surface area contributed by atoms with Gasteiger partial charge in [0.25, 0.3) is 0 Å². The Morgan fingerprint density at radius 3 is 2.51 bits per heavy atom. The van der Waals surface area contributed by atoms with Crippen LogP contribution in [0.1, 0.15) is 38.3 Å². The largest absolute Gasteiger partial charge is 0.497 e. The van der Waals surface area contributed by atoms with Crippen LogP contribution in [0.2, 0.25) is 0 Å². The Balaban J connectivity index is 2.03. The first-order valence-corrected chi connectivity index (χ1v) is 11.9. The molecule has 10 heteroatoms. The summed E-state index contributed by atoms with van der Waals surface area (Å²) in [5.41, 5.74) is 1.47. The number of hydrogen-bond donors (Lipinski definition) is 1. The van der Waals surface area contributed by atoms with E-state index in [0.717, 1.165) is 19.4 Å². The van der Waals surface area contributed by atoms with Gasteiger partial charge < -0.3 is 24.3 Å². The van der Waals surface area contributed by atoms with Gasteiger partial charge in [-0.05, 0) is 45.4 Å². The maximum absolute atomic E-state index is 13.3. The number of urea groups is 1. The fourth-order valence-corrected chi connectivity index (χ4v) is 4.55. The smallest absolute Gasteiger partial charge is 0.338 e. The zero-order valence-electron chi connectivity index (χ0n) is 21.1. The molecule has 1 saturated heterocycles. The van der Waals surface area contributed by atoms with Crippen LogP contribution >= 0.6 is 0 Å². The van der Waals surface area contributed by atoms with Crippen LogP contribution in [0.25, 0.3) is 0 Å². The molecule has 10 nitrogen and oxygen atoms in total. The van der Waals surface area contributed by atoms with Gasteiger partial charge in [0.1, 0.15) is 11.5 Å². The average molecular weight is 490 g/mol. The Morgan fingerprint density at radius 2 is 1.86 bits per heavy atom. The van der Waals surface area contributed by atoms with Crippen molar-refractivity contribution < 1.29 is 33.3 Å². The summed E-state index contributed by atoms with van der Waals surface area (Å²) in [6.45, 7) is 5.59. The van der Waals surface area contributed by atoms with E-state index in [2.05, 4.69) is 10.2 Å². The first kappa shape index (κ1) is 26.3. The van der Waals surface area contributed by atoms with Gasteiger partial charge in [0.05, 0.1) is 45.0 Å². The van der Waals surface area contributed by atoms with Gasteiger partial charge in [-0.2, -0.15) is 0 Å². The van der Waals surface area contributed by atoms with Crippen molar-refractivity contribution in [2.24, 2.45) is 5.92 Å². The summed E-state index contributed by atoms with van der Waals surface area (Å²) in [4.78, 5) is 42.1. The Bertz CT molecular complexity index is 978. The lowest BCUT2D eigenvalue weighted by atomic mass is 9.92. The molecule has 0 saturated carbocycles. The van der Waals surface area contributed by atoms with Crippen LogP contribution in [-0.2, 0) is 19.1 Å². The molecule has 0 spiro atoms. The summed E-state index contributed by atoms with van der Waals surface area (Å²) < 4.78 is 21.5. The van der Waals surface area contributed by atoms with Crippen LogP contribution in [0.5, 0.6) is 11.5 Å². The minimum Gasteiger partial charge on any atom is -0.497 e. The second-order valence-electron chi connectivity index (χ2n) is 8.46. The molecule has 1 fully saturated rings. The molecule has 1 aromatic carbocycles. The van der Waals surface area contributed by atoms with Gasteiger partial charge in [-0.3, -0.25) is 14.6 Å². The van der Waals surface area contributed by atoms with Crippen LogP contribution in [0, 0.1) is 5.92 Å². The number of ether oxygens (including phenoxy) is 4. The lowest BCUT2D eigenvalue weighted by Gasteiger charge is -2.38.